The van der Waals surface area contributed by atoms with Crippen molar-refractivity contribution in [3.8, 4) is 0 Å². The average molecular weight is 221 g/mol. The fourth-order valence-electron chi connectivity index (χ4n) is 1.56. The Balaban J connectivity index is 2.55. The maximum absolute atomic E-state index is 4.47. The zero-order valence-electron chi connectivity index (χ0n) is 11.0. The normalized spacial score (nSPS) is 12.9. The van der Waals surface area contributed by atoms with Crippen molar-refractivity contribution >= 4 is 5.82 Å². The average Bonchev–Trinajstić information content (AvgIpc) is 2.20. The van der Waals surface area contributed by atoms with Crippen LogP contribution in [-0.4, -0.2) is 16.0 Å². The Kier molecular flexibility index (Phi) is 4.71. The van der Waals surface area contributed by atoms with Gasteiger partial charge in [0.1, 0.15) is 5.82 Å². The number of aryl methyl sites for hydroxylation is 2. The van der Waals surface area contributed by atoms with Crippen LogP contribution in [0.5, 0.6) is 0 Å². The first-order chi connectivity index (χ1) is 7.49. The molecule has 3 heteroatoms. The molecule has 0 spiro atoms. The highest BCUT2D eigenvalue weighted by atomic mass is 15.0. The smallest absolute Gasteiger partial charge is 0.147 e. The molecule has 0 fully saturated rings. The minimum Gasteiger partial charge on any atom is -0.366 e. The molecule has 90 valence electrons. The van der Waals surface area contributed by atoms with Gasteiger partial charge in [0.15, 0.2) is 0 Å². The van der Waals surface area contributed by atoms with Crippen LogP contribution in [0.1, 0.15) is 45.0 Å². The summed E-state index contributed by atoms with van der Waals surface area (Å²) in [6.45, 7) is 10.7. The number of anilines is 1. The molecular weight excluding hydrogens is 198 g/mol. The molecule has 1 aromatic rings. The van der Waals surface area contributed by atoms with Gasteiger partial charge >= 0.3 is 0 Å². The summed E-state index contributed by atoms with van der Waals surface area (Å²) in [5.41, 5.74) is 1.94. The van der Waals surface area contributed by atoms with Gasteiger partial charge in [-0.05, 0) is 39.5 Å². The number of nitrogens with one attached hydrogen (secondary N) is 1. The van der Waals surface area contributed by atoms with Crippen molar-refractivity contribution in [1.29, 1.82) is 0 Å². The van der Waals surface area contributed by atoms with E-state index in [2.05, 4.69) is 36.1 Å². The molecule has 0 aliphatic heterocycles. The topological polar surface area (TPSA) is 37.8 Å². The molecule has 0 saturated heterocycles. The molecule has 0 amide bonds. The molecule has 0 saturated carbocycles. The monoisotopic (exact) mass is 221 g/mol. The first-order valence-corrected chi connectivity index (χ1v) is 6.05. The zero-order valence-corrected chi connectivity index (χ0v) is 11.0. The molecule has 0 radical (unpaired) electrons. The van der Waals surface area contributed by atoms with Gasteiger partial charge in [-0.1, -0.05) is 13.8 Å². The molecule has 0 aliphatic rings. The zero-order chi connectivity index (χ0) is 12.1. The molecule has 1 N–H and O–H groups in total. The van der Waals surface area contributed by atoms with Crippen LogP contribution in [-0.2, 0) is 0 Å². The van der Waals surface area contributed by atoms with Gasteiger partial charge in [-0.3, -0.25) is 4.98 Å². The van der Waals surface area contributed by atoms with Crippen molar-refractivity contribution in [3.05, 3.63) is 17.6 Å². The second kappa shape index (κ2) is 5.83. The van der Waals surface area contributed by atoms with Gasteiger partial charge < -0.3 is 5.32 Å². The fraction of sp³-hybridized carbons (Fsp3) is 0.692. The Morgan fingerprint density at radius 2 is 1.88 bits per heavy atom. The van der Waals surface area contributed by atoms with Crippen LogP contribution in [0, 0.1) is 19.8 Å². The lowest BCUT2D eigenvalue weighted by atomic mass is 10.0. The van der Waals surface area contributed by atoms with Gasteiger partial charge in [-0.15, -0.1) is 0 Å². The first kappa shape index (κ1) is 12.9. The molecule has 1 rings (SSSR count). The van der Waals surface area contributed by atoms with Crippen LogP contribution in [0.4, 0.5) is 5.82 Å². The lowest BCUT2D eigenvalue weighted by molar-refractivity contribution is 0.527. The second-order valence-electron chi connectivity index (χ2n) is 4.96. The maximum atomic E-state index is 4.47. The summed E-state index contributed by atoms with van der Waals surface area (Å²) in [7, 11) is 0. The third-order valence-corrected chi connectivity index (χ3v) is 2.64. The maximum Gasteiger partial charge on any atom is 0.147 e. The molecular formula is C13H23N3. The van der Waals surface area contributed by atoms with Crippen molar-refractivity contribution in [3.63, 3.8) is 0 Å². The van der Waals surface area contributed by atoms with E-state index < -0.39 is 0 Å². The molecule has 0 aliphatic carbocycles. The lowest BCUT2D eigenvalue weighted by Crippen LogP contribution is -2.18. The third-order valence-electron chi connectivity index (χ3n) is 2.64. The Morgan fingerprint density at radius 3 is 2.50 bits per heavy atom. The first-order valence-electron chi connectivity index (χ1n) is 6.05. The number of rotatable bonds is 5. The van der Waals surface area contributed by atoms with Gasteiger partial charge in [-0.25, -0.2) is 4.98 Å². The number of aromatic nitrogens is 2. The predicted molar refractivity (Wildman–Crippen MR) is 68.7 cm³/mol. The summed E-state index contributed by atoms with van der Waals surface area (Å²) < 4.78 is 0. The molecule has 1 atom stereocenters. The highest BCUT2D eigenvalue weighted by Gasteiger charge is 2.07. The second-order valence-corrected chi connectivity index (χ2v) is 4.96. The van der Waals surface area contributed by atoms with Crippen molar-refractivity contribution in [2.45, 2.75) is 53.5 Å². The van der Waals surface area contributed by atoms with Gasteiger partial charge in [0, 0.05) is 12.2 Å². The van der Waals surface area contributed by atoms with Crippen LogP contribution in [0.15, 0.2) is 6.20 Å². The van der Waals surface area contributed by atoms with Gasteiger partial charge in [0.25, 0.3) is 0 Å². The van der Waals surface area contributed by atoms with Gasteiger partial charge in [0.2, 0.25) is 0 Å². The largest absolute Gasteiger partial charge is 0.366 e. The Hall–Kier alpha value is -1.12. The summed E-state index contributed by atoms with van der Waals surface area (Å²) in [6, 6.07) is 0.456. The summed E-state index contributed by atoms with van der Waals surface area (Å²) in [4.78, 5) is 8.77. The molecule has 1 heterocycles. The lowest BCUT2D eigenvalue weighted by Gasteiger charge is -2.16. The molecule has 0 aromatic carbocycles. The Morgan fingerprint density at radius 1 is 1.19 bits per heavy atom. The molecule has 1 unspecified atom stereocenters. The van der Waals surface area contributed by atoms with Crippen molar-refractivity contribution < 1.29 is 0 Å². The molecule has 16 heavy (non-hydrogen) atoms. The predicted octanol–water partition coefficient (Wildman–Crippen LogP) is 3.33. The molecule has 1 aromatic heterocycles. The van der Waals surface area contributed by atoms with Crippen LogP contribution in [0.3, 0.4) is 0 Å². The van der Waals surface area contributed by atoms with E-state index in [0.717, 1.165) is 23.1 Å². The van der Waals surface area contributed by atoms with E-state index in [1.54, 1.807) is 6.20 Å². The minimum absolute atomic E-state index is 0.456. The fourth-order valence-corrected chi connectivity index (χ4v) is 1.56. The Bertz CT molecular complexity index is 334. The molecule has 3 nitrogen and oxygen atoms in total. The number of hydrogen-bond acceptors (Lipinski definition) is 3. The highest BCUT2D eigenvalue weighted by molar-refractivity contribution is 5.40. The summed E-state index contributed by atoms with van der Waals surface area (Å²) in [5.74, 6) is 1.69. The van der Waals surface area contributed by atoms with Crippen LogP contribution in [0.25, 0.3) is 0 Å². The van der Waals surface area contributed by atoms with E-state index in [1.165, 1.54) is 12.8 Å². The van der Waals surface area contributed by atoms with Crippen molar-refractivity contribution in [2.24, 2.45) is 5.92 Å². The van der Waals surface area contributed by atoms with Crippen LogP contribution < -0.4 is 5.32 Å². The number of nitrogens with zero attached hydrogens (tertiary/aromatic N) is 2. The van der Waals surface area contributed by atoms with E-state index in [4.69, 9.17) is 0 Å². The summed E-state index contributed by atoms with van der Waals surface area (Å²) in [5, 5.41) is 3.43. The third kappa shape index (κ3) is 4.17. The van der Waals surface area contributed by atoms with Crippen molar-refractivity contribution in [2.75, 3.05) is 5.32 Å². The van der Waals surface area contributed by atoms with Gasteiger partial charge in [-0.2, -0.15) is 0 Å². The van der Waals surface area contributed by atoms with Crippen LogP contribution >= 0.6 is 0 Å². The summed E-state index contributed by atoms with van der Waals surface area (Å²) in [6.07, 6.45) is 4.22. The standard InChI is InChI=1S/C13H23N3/c1-9(2)6-7-10(3)15-13-12(5)14-8-11(4)16-13/h8-10H,6-7H2,1-5H3,(H,15,16). The van der Waals surface area contributed by atoms with Crippen molar-refractivity contribution in [1.82, 2.24) is 9.97 Å². The highest BCUT2D eigenvalue weighted by Crippen LogP contribution is 2.13. The van der Waals surface area contributed by atoms with E-state index in [0.29, 0.717) is 6.04 Å². The Labute approximate surface area is 98.7 Å². The number of hydrogen-bond donors (Lipinski definition) is 1. The van der Waals surface area contributed by atoms with Gasteiger partial charge in [0.05, 0.1) is 11.4 Å². The van der Waals surface area contributed by atoms with Crippen LogP contribution in [0.2, 0.25) is 0 Å². The van der Waals surface area contributed by atoms with E-state index in [1.807, 2.05) is 13.8 Å². The van der Waals surface area contributed by atoms with E-state index >= 15 is 0 Å². The minimum atomic E-state index is 0.456. The quantitative estimate of drug-likeness (QED) is 0.828. The molecule has 0 bridgehead atoms. The summed E-state index contributed by atoms with van der Waals surface area (Å²) >= 11 is 0. The van der Waals surface area contributed by atoms with E-state index in [9.17, 15) is 0 Å². The van der Waals surface area contributed by atoms with E-state index in [-0.39, 0.29) is 0 Å². The SMILES string of the molecule is Cc1cnc(C)c(NC(C)CCC(C)C)n1.